The fourth-order valence-corrected chi connectivity index (χ4v) is 5.31. The molecule has 0 N–H and O–H groups in total. The molecule has 0 bridgehead atoms. The Morgan fingerprint density at radius 3 is 1.81 bits per heavy atom. The quantitative estimate of drug-likeness (QED) is 0.293. The maximum absolute atomic E-state index is 12.9. The summed E-state index contributed by atoms with van der Waals surface area (Å²) >= 11 is 1.56. The van der Waals surface area contributed by atoms with E-state index in [1.54, 1.807) is 16.8 Å². The van der Waals surface area contributed by atoms with Gasteiger partial charge in [-0.3, -0.25) is 14.7 Å². The van der Waals surface area contributed by atoms with Crippen molar-refractivity contribution in [2.45, 2.75) is 12.0 Å². The number of likely N-dealkylation sites (tertiary alicyclic amines) is 1. The van der Waals surface area contributed by atoms with Crippen LogP contribution >= 0.6 is 11.3 Å². The van der Waals surface area contributed by atoms with Gasteiger partial charge in [-0.25, -0.2) is 0 Å². The topological polar surface area (TPSA) is 33.2 Å². The molecule has 3 nitrogen and oxygen atoms in total. The minimum absolute atomic E-state index is 0.220. The maximum Gasteiger partial charge on any atom is 0.161 e. The van der Waals surface area contributed by atoms with Crippen molar-refractivity contribution in [1.29, 1.82) is 0 Å². The van der Waals surface area contributed by atoms with Crippen LogP contribution in [0.5, 0.6) is 0 Å². The Hall–Kier alpha value is -3.34. The van der Waals surface area contributed by atoms with Gasteiger partial charge in [0.05, 0.1) is 11.0 Å². The van der Waals surface area contributed by atoms with E-state index >= 15 is 0 Å². The van der Waals surface area contributed by atoms with E-state index in [9.17, 15) is 4.79 Å². The van der Waals surface area contributed by atoms with Crippen molar-refractivity contribution in [2.75, 3.05) is 13.1 Å². The molecule has 4 heteroatoms. The van der Waals surface area contributed by atoms with Crippen LogP contribution < -0.4 is 0 Å². The Morgan fingerprint density at radius 2 is 1.34 bits per heavy atom. The number of benzene rings is 3. The Balaban J connectivity index is 1.72. The van der Waals surface area contributed by atoms with Gasteiger partial charge in [-0.15, -0.1) is 11.3 Å². The first-order valence-corrected chi connectivity index (χ1v) is 11.7. The standard InChI is InChI=1S/C28H24N2OS/c31-27-16-17-30(20-22(27)18-26-19-29-21-32-26)28(23-10-4-1-5-11-23,24-12-6-2-7-13-24)25-14-8-3-9-15-25/h1-15,18-19,21H,16-17,20H2/b22-18-. The number of hydrogen-bond acceptors (Lipinski definition) is 4. The molecule has 0 spiro atoms. The fraction of sp³-hybridized carbons (Fsp3) is 0.143. The van der Waals surface area contributed by atoms with Crippen LogP contribution in [-0.2, 0) is 10.3 Å². The number of carbonyl (C=O) groups excluding carboxylic acids is 1. The predicted octanol–water partition coefficient (Wildman–Crippen LogP) is 5.79. The van der Waals surface area contributed by atoms with E-state index in [2.05, 4.69) is 101 Å². The lowest BCUT2D eigenvalue weighted by atomic mass is 9.74. The summed E-state index contributed by atoms with van der Waals surface area (Å²) in [6, 6.07) is 31.9. The van der Waals surface area contributed by atoms with E-state index in [1.165, 1.54) is 16.7 Å². The molecule has 5 rings (SSSR count). The Bertz CT molecular complexity index is 1110. The lowest BCUT2D eigenvalue weighted by molar-refractivity contribution is -0.117. The first kappa shape index (κ1) is 20.6. The van der Waals surface area contributed by atoms with Crippen molar-refractivity contribution < 1.29 is 4.79 Å². The third kappa shape index (κ3) is 3.72. The van der Waals surface area contributed by atoms with Gasteiger partial charge in [-0.1, -0.05) is 91.0 Å². The molecule has 1 aromatic heterocycles. The second-order valence-corrected chi connectivity index (χ2v) is 8.89. The van der Waals surface area contributed by atoms with Crippen LogP contribution in [0.4, 0.5) is 0 Å². The summed E-state index contributed by atoms with van der Waals surface area (Å²) in [7, 11) is 0. The van der Waals surface area contributed by atoms with Crippen molar-refractivity contribution in [1.82, 2.24) is 9.88 Å². The van der Waals surface area contributed by atoms with E-state index in [-0.39, 0.29) is 5.78 Å². The lowest BCUT2D eigenvalue weighted by Crippen LogP contribution is -2.52. The van der Waals surface area contributed by atoms with Gasteiger partial charge in [-0.05, 0) is 22.8 Å². The maximum atomic E-state index is 12.9. The van der Waals surface area contributed by atoms with Gasteiger partial charge in [0.2, 0.25) is 0 Å². The zero-order valence-corrected chi connectivity index (χ0v) is 18.5. The first-order valence-electron chi connectivity index (χ1n) is 10.8. The number of ketones is 1. The van der Waals surface area contributed by atoms with Crippen molar-refractivity contribution in [3.8, 4) is 0 Å². The van der Waals surface area contributed by atoms with Gasteiger partial charge in [0.15, 0.2) is 5.78 Å². The lowest BCUT2D eigenvalue weighted by Gasteiger charge is -2.47. The van der Waals surface area contributed by atoms with Crippen molar-refractivity contribution >= 4 is 23.2 Å². The van der Waals surface area contributed by atoms with E-state index < -0.39 is 5.54 Å². The highest BCUT2D eigenvalue weighted by molar-refractivity contribution is 7.10. The SMILES string of the molecule is O=C1CCN(C(c2ccccc2)(c2ccccc2)c2ccccc2)C/C1=C/c1cncs1. The van der Waals surface area contributed by atoms with E-state index in [4.69, 9.17) is 0 Å². The second kappa shape index (κ2) is 9.03. The van der Waals surface area contributed by atoms with Gasteiger partial charge in [0, 0.05) is 36.2 Å². The first-order chi connectivity index (χ1) is 15.8. The Labute approximate surface area is 192 Å². The summed E-state index contributed by atoms with van der Waals surface area (Å²) in [5.41, 5.74) is 5.74. The third-order valence-electron chi connectivity index (χ3n) is 6.15. The highest BCUT2D eigenvalue weighted by Crippen LogP contribution is 2.44. The van der Waals surface area contributed by atoms with Crippen LogP contribution in [-0.4, -0.2) is 28.8 Å². The van der Waals surface area contributed by atoms with Crippen LogP contribution in [0, 0.1) is 0 Å². The molecule has 0 atom stereocenters. The van der Waals surface area contributed by atoms with E-state index in [1.807, 2.05) is 12.3 Å². The van der Waals surface area contributed by atoms with E-state index in [0.717, 1.165) is 10.5 Å². The Kier molecular flexibility index (Phi) is 5.80. The summed E-state index contributed by atoms with van der Waals surface area (Å²) in [5, 5.41) is 0. The summed E-state index contributed by atoms with van der Waals surface area (Å²) < 4.78 is 0. The zero-order valence-electron chi connectivity index (χ0n) is 17.7. The highest BCUT2D eigenvalue weighted by Gasteiger charge is 2.44. The molecule has 0 amide bonds. The van der Waals surface area contributed by atoms with E-state index in [0.29, 0.717) is 19.5 Å². The molecule has 1 aliphatic rings. The molecule has 1 saturated heterocycles. The molecule has 32 heavy (non-hydrogen) atoms. The molecule has 4 aromatic rings. The van der Waals surface area contributed by atoms with Crippen LogP contribution in [0.3, 0.4) is 0 Å². The van der Waals surface area contributed by atoms with Crippen LogP contribution in [0.2, 0.25) is 0 Å². The van der Waals surface area contributed by atoms with Crippen LogP contribution in [0.1, 0.15) is 28.0 Å². The van der Waals surface area contributed by atoms with Gasteiger partial charge in [-0.2, -0.15) is 0 Å². The smallest absolute Gasteiger partial charge is 0.161 e. The normalized spacial score (nSPS) is 16.4. The molecule has 0 saturated carbocycles. The number of carbonyl (C=O) groups is 1. The second-order valence-electron chi connectivity index (χ2n) is 7.98. The van der Waals surface area contributed by atoms with Gasteiger partial charge in [0.1, 0.15) is 0 Å². The molecule has 0 radical (unpaired) electrons. The number of hydrogen-bond donors (Lipinski definition) is 0. The highest BCUT2D eigenvalue weighted by atomic mass is 32.1. The molecule has 158 valence electrons. The fourth-order valence-electron chi connectivity index (χ4n) is 4.74. The molecular formula is C28H24N2OS. The van der Waals surface area contributed by atoms with Crippen LogP contribution in [0.15, 0.2) is 108 Å². The average Bonchev–Trinajstić information content (AvgIpc) is 3.37. The van der Waals surface area contributed by atoms with Crippen LogP contribution in [0.25, 0.3) is 6.08 Å². The number of aromatic nitrogens is 1. The minimum atomic E-state index is -0.503. The van der Waals surface area contributed by atoms with Gasteiger partial charge < -0.3 is 0 Å². The molecule has 0 aliphatic carbocycles. The molecular weight excluding hydrogens is 412 g/mol. The van der Waals surface area contributed by atoms with Gasteiger partial charge >= 0.3 is 0 Å². The average molecular weight is 437 g/mol. The number of thiazole rings is 1. The summed E-state index contributed by atoms with van der Waals surface area (Å²) in [6.45, 7) is 1.27. The summed E-state index contributed by atoms with van der Waals surface area (Å²) in [5.74, 6) is 0.220. The number of Topliss-reactive ketones (excluding diaryl/α,β-unsaturated/α-hetero) is 1. The summed E-state index contributed by atoms with van der Waals surface area (Å²) in [6.07, 6.45) is 4.33. The molecule has 1 fully saturated rings. The largest absolute Gasteiger partial charge is 0.294 e. The monoisotopic (exact) mass is 436 g/mol. The summed E-state index contributed by atoms with van der Waals surface area (Å²) in [4.78, 5) is 20.5. The zero-order chi connectivity index (χ0) is 21.8. The molecule has 2 heterocycles. The molecule has 3 aromatic carbocycles. The number of nitrogens with zero attached hydrogens (tertiary/aromatic N) is 2. The Morgan fingerprint density at radius 1 is 0.812 bits per heavy atom. The van der Waals surface area contributed by atoms with Crippen molar-refractivity contribution in [3.63, 3.8) is 0 Å². The molecule has 1 aliphatic heterocycles. The van der Waals surface area contributed by atoms with Crippen molar-refractivity contribution in [3.05, 3.63) is 130 Å². The van der Waals surface area contributed by atoms with Crippen molar-refractivity contribution in [2.24, 2.45) is 0 Å². The number of piperidine rings is 1. The van der Waals surface area contributed by atoms with Gasteiger partial charge in [0.25, 0.3) is 0 Å². The third-order valence-corrected chi connectivity index (χ3v) is 6.87. The molecule has 0 unspecified atom stereocenters. The predicted molar refractivity (Wildman–Crippen MR) is 130 cm³/mol. The minimum Gasteiger partial charge on any atom is -0.294 e. The number of rotatable bonds is 5.